The van der Waals surface area contributed by atoms with Gasteiger partial charge in [-0.05, 0) is 23.8 Å². The molecule has 2 N–H and O–H groups in total. The zero-order valence-electron chi connectivity index (χ0n) is 8.94. The van der Waals surface area contributed by atoms with Gasteiger partial charge in [0.05, 0.1) is 14.2 Å². The largest absolute Gasteiger partial charge is 0.497 e. The van der Waals surface area contributed by atoms with E-state index in [4.69, 9.17) is 15.2 Å². The van der Waals surface area contributed by atoms with Crippen LogP contribution in [0.2, 0.25) is 0 Å². The molecule has 0 saturated carbocycles. The lowest BCUT2D eigenvalue weighted by molar-refractivity contribution is 0.287. The van der Waals surface area contributed by atoms with E-state index in [1.165, 1.54) is 7.11 Å². The highest BCUT2D eigenvalue weighted by atomic mass is 16.5. The quantitative estimate of drug-likeness (QED) is 0.605. The molecule has 3 nitrogen and oxygen atoms in total. The highest BCUT2D eigenvalue weighted by Crippen LogP contribution is 2.12. The second-order valence-electron chi connectivity index (χ2n) is 2.91. The van der Waals surface area contributed by atoms with Crippen molar-refractivity contribution in [3.05, 3.63) is 47.9 Å². The van der Waals surface area contributed by atoms with Gasteiger partial charge in [-0.3, -0.25) is 0 Å². The van der Waals surface area contributed by atoms with Crippen molar-refractivity contribution < 1.29 is 9.47 Å². The third-order valence-electron chi connectivity index (χ3n) is 1.90. The molecule has 15 heavy (non-hydrogen) atoms. The molecule has 1 aromatic carbocycles. The van der Waals surface area contributed by atoms with Gasteiger partial charge in [0.1, 0.15) is 5.75 Å². The Hall–Kier alpha value is -1.90. The molecule has 0 aromatic heterocycles. The molecule has 0 amide bonds. The number of hydrogen-bond donors (Lipinski definition) is 1. The first-order valence-corrected chi connectivity index (χ1v) is 4.58. The highest BCUT2D eigenvalue weighted by Gasteiger charge is 1.89. The minimum absolute atomic E-state index is 0.389. The van der Waals surface area contributed by atoms with Crippen molar-refractivity contribution in [1.29, 1.82) is 0 Å². The maximum absolute atomic E-state index is 5.45. The lowest BCUT2D eigenvalue weighted by atomic mass is 10.2. The van der Waals surface area contributed by atoms with Crippen molar-refractivity contribution in [2.75, 3.05) is 14.2 Å². The second-order valence-corrected chi connectivity index (χ2v) is 2.91. The molecule has 0 aliphatic carbocycles. The number of allylic oxidation sites excluding steroid dienone is 2. The summed E-state index contributed by atoms with van der Waals surface area (Å²) in [6.07, 6.45) is 5.47. The van der Waals surface area contributed by atoms with Crippen LogP contribution in [0.4, 0.5) is 0 Å². The topological polar surface area (TPSA) is 44.5 Å². The van der Waals surface area contributed by atoms with Gasteiger partial charge in [0.25, 0.3) is 0 Å². The fourth-order valence-corrected chi connectivity index (χ4v) is 1.04. The van der Waals surface area contributed by atoms with Crippen LogP contribution in [0, 0.1) is 0 Å². The SMILES string of the molecule is COC(N)=CC=Cc1ccc(OC)cc1. The van der Waals surface area contributed by atoms with Crippen LogP contribution in [0.25, 0.3) is 6.08 Å². The van der Waals surface area contributed by atoms with Gasteiger partial charge in [-0.1, -0.05) is 24.3 Å². The van der Waals surface area contributed by atoms with Gasteiger partial charge >= 0.3 is 0 Å². The Morgan fingerprint density at radius 1 is 1.20 bits per heavy atom. The first-order valence-electron chi connectivity index (χ1n) is 4.58. The summed E-state index contributed by atoms with van der Waals surface area (Å²) in [6, 6.07) is 7.74. The molecule has 0 aliphatic rings. The number of hydrogen-bond acceptors (Lipinski definition) is 3. The molecule has 80 valence electrons. The molecule has 0 heterocycles. The predicted octanol–water partition coefficient (Wildman–Crippen LogP) is 2.15. The van der Waals surface area contributed by atoms with Gasteiger partial charge < -0.3 is 15.2 Å². The Bertz CT molecular complexity index is 352. The Balaban J connectivity index is 2.65. The van der Waals surface area contributed by atoms with Gasteiger partial charge in [-0.15, -0.1) is 0 Å². The van der Waals surface area contributed by atoms with Crippen molar-refractivity contribution in [2.45, 2.75) is 0 Å². The lowest BCUT2D eigenvalue weighted by Crippen LogP contribution is -1.97. The Kier molecular flexibility index (Phi) is 4.29. The third kappa shape index (κ3) is 3.77. The van der Waals surface area contributed by atoms with Crippen LogP contribution in [0.1, 0.15) is 5.56 Å². The molecule has 0 radical (unpaired) electrons. The van der Waals surface area contributed by atoms with Crippen LogP contribution >= 0.6 is 0 Å². The monoisotopic (exact) mass is 205 g/mol. The van der Waals surface area contributed by atoms with E-state index in [-0.39, 0.29) is 0 Å². The second kappa shape index (κ2) is 5.75. The van der Waals surface area contributed by atoms with Crippen LogP contribution in [-0.4, -0.2) is 14.2 Å². The summed E-state index contributed by atoms with van der Waals surface area (Å²) in [7, 11) is 3.18. The van der Waals surface area contributed by atoms with Crippen molar-refractivity contribution in [2.24, 2.45) is 5.73 Å². The summed E-state index contributed by atoms with van der Waals surface area (Å²) in [6.45, 7) is 0. The maximum Gasteiger partial charge on any atom is 0.183 e. The first kappa shape index (κ1) is 11.2. The number of methoxy groups -OCH3 is 2. The normalized spacial score (nSPS) is 11.7. The molecule has 0 atom stereocenters. The van der Waals surface area contributed by atoms with Crippen LogP contribution in [0.3, 0.4) is 0 Å². The van der Waals surface area contributed by atoms with E-state index in [1.54, 1.807) is 13.2 Å². The molecule has 0 unspecified atom stereocenters. The van der Waals surface area contributed by atoms with Gasteiger partial charge in [-0.25, -0.2) is 0 Å². The third-order valence-corrected chi connectivity index (χ3v) is 1.90. The average molecular weight is 205 g/mol. The molecule has 0 spiro atoms. The van der Waals surface area contributed by atoms with Crippen molar-refractivity contribution >= 4 is 6.08 Å². The molecule has 1 aromatic rings. The minimum atomic E-state index is 0.389. The van der Waals surface area contributed by atoms with Crippen molar-refractivity contribution in [3.8, 4) is 5.75 Å². The summed E-state index contributed by atoms with van der Waals surface area (Å²) in [5.74, 6) is 1.24. The summed E-state index contributed by atoms with van der Waals surface area (Å²) >= 11 is 0. The van der Waals surface area contributed by atoms with E-state index in [1.807, 2.05) is 36.4 Å². The van der Waals surface area contributed by atoms with E-state index in [9.17, 15) is 0 Å². The number of nitrogens with two attached hydrogens (primary N) is 1. The average Bonchev–Trinajstić information content (AvgIpc) is 2.29. The van der Waals surface area contributed by atoms with E-state index in [0.717, 1.165) is 11.3 Å². The van der Waals surface area contributed by atoms with Crippen LogP contribution in [0.5, 0.6) is 5.75 Å². The molecular weight excluding hydrogens is 190 g/mol. The molecule has 0 bridgehead atoms. The smallest absolute Gasteiger partial charge is 0.183 e. The standard InChI is InChI=1S/C12H15NO2/c1-14-11-8-6-10(7-9-11)4-3-5-12(13)15-2/h3-9H,13H2,1-2H3. The van der Waals surface area contributed by atoms with E-state index < -0.39 is 0 Å². The summed E-state index contributed by atoms with van der Waals surface area (Å²) in [5, 5.41) is 0. The summed E-state index contributed by atoms with van der Waals surface area (Å²) in [5.41, 5.74) is 6.53. The summed E-state index contributed by atoms with van der Waals surface area (Å²) in [4.78, 5) is 0. The van der Waals surface area contributed by atoms with E-state index in [0.29, 0.717) is 5.88 Å². The molecule has 3 heteroatoms. The number of ether oxygens (including phenoxy) is 2. The first-order chi connectivity index (χ1) is 7.26. The Morgan fingerprint density at radius 2 is 1.87 bits per heavy atom. The Labute approximate surface area is 89.8 Å². The molecule has 1 rings (SSSR count). The van der Waals surface area contributed by atoms with Gasteiger partial charge in [0.15, 0.2) is 5.88 Å². The molecular formula is C12H15NO2. The molecule has 0 saturated heterocycles. The summed E-state index contributed by atoms with van der Waals surface area (Å²) < 4.78 is 9.85. The maximum atomic E-state index is 5.45. The predicted molar refractivity (Wildman–Crippen MR) is 61.3 cm³/mol. The zero-order chi connectivity index (χ0) is 11.1. The van der Waals surface area contributed by atoms with Crippen molar-refractivity contribution in [3.63, 3.8) is 0 Å². The Morgan fingerprint density at radius 3 is 2.40 bits per heavy atom. The van der Waals surface area contributed by atoms with E-state index in [2.05, 4.69) is 0 Å². The van der Waals surface area contributed by atoms with Gasteiger partial charge in [0, 0.05) is 0 Å². The number of benzene rings is 1. The van der Waals surface area contributed by atoms with Gasteiger partial charge in [-0.2, -0.15) is 0 Å². The minimum Gasteiger partial charge on any atom is -0.497 e. The fraction of sp³-hybridized carbons (Fsp3) is 0.167. The fourth-order valence-electron chi connectivity index (χ4n) is 1.04. The van der Waals surface area contributed by atoms with Gasteiger partial charge in [0.2, 0.25) is 0 Å². The zero-order valence-corrected chi connectivity index (χ0v) is 8.94. The molecule has 0 aliphatic heterocycles. The molecule has 0 fully saturated rings. The van der Waals surface area contributed by atoms with Crippen LogP contribution in [-0.2, 0) is 4.74 Å². The number of rotatable bonds is 4. The lowest BCUT2D eigenvalue weighted by Gasteiger charge is -1.98. The van der Waals surface area contributed by atoms with Crippen LogP contribution < -0.4 is 10.5 Å². The highest BCUT2D eigenvalue weighted by molar-refractivity contribution is 5.52. The van der Waals surface area contributed by atoms with E-state index >= 15 is 0 Å². The van der Waals surface area contributed by atoms with Crippen molar-refractivity contribution in [1.82, 2.24) is 0 Å². The van der Waals surface area contributed by atoms with Crippen LogP contribution in [0.15, 0.2) is 42.3 Å².